The number of carbonyl (C=O) groups is 1. The molecule has 100 valence electrons. The van der Waals surface area contributed by atoms with Crippen LogP contribution in [0.5, 0.6) is 0 Å². The standard InChI is InChI=1S/C14H21NO3/c1-14(2,18-3)13(17)15-12-8-4-6-11(10-12)7-5-9-16/h4,6,8,10,16H,5,7,9H2,1-3H3,(H,15,17). The van der Waals surface area contributed by atoms with E-state index >= 15 is 0 Å². The normalized spacial score (nSPS) is 11.3. The lowest BCUT2D eigenvalue weighted by Gasteiger charge is -2.21. The lowest BCUT2D eigenvalue weighted by Crippen LogP contribution is -2.38. The number of amides is 1. The van der Waals surface area contributed by atoms with E-state index in [9.17, 15) is 4.79 Å². The van der Waals surface area contributed by atoms with Gasteiger partial charge in [0.2, 0.25) is 0 Å². The van der Waals surface area contributed by atoms with Gasteiger partial charge in [-0.2, -0.15) is 0 Å². The summed E-state index contributed by atoms with van der Waals surface area (Å²) in [6.07, 6.45) is 1.52. The molecule has 18 heavy (non-hydrogen) atoms. The molecule has 0 aliphatic rings. The molecule has 4 nitrogen and oxygen atoms in total. The zero-order valence-corrected chi connectivity index (χ0v) is 11.2. The number of carbonyl (C=O) groups excluding carboxylic acids is 1. The molecule has 1 aromatic carbocycles. The van der Waals surface area contributed by atoms with E-state index in [2.05, 4.69) is 5.32 Å². The number of nitrogens with one attached hydrogen (secondary N) is 1. The van der Waals surface area contributed by atoms with Crippen LogP contribution in [-0.2, 0) is 16.0 Å². The zero-order chi connectivity index (χ0) is 13.6. The fourth-order valence-corrected chi connectivity index (χ4v) is 1.46. The Kier molecular flexibility index (Phi) is 5.31. The molecule has 2 N–H and O–H groups in total. The van der Waals surface area contributed by atoms with Crippen molar-refractivity contribution in [1.29, 1.82) is 0 Å². The van der Waals surface area contributed by atoms with Gasteiger partial charge in [-0.1, -0.05) is 12.1 Å². The van der Waals surface area contributed by atoms with E-state index in [1.54, 1.807) is 13.8 Å². The number of ether oxygens (including phenoxy) is 1. The van der Waals surface area contributed by atoms with Crippen molar-refractivity contribution in [3.63, 3.8) is 0 Å². The maximum absolute atomic E-state index is 11.9. The Hall–Kier alpha value is -1.39. The van der Waals surface area contributed by atoms with Crippen LogP contribution in [0, 0.1) is 0 Å². The number of hydrogen-bond acceptors (Lipinski definition) is 3. The van der Waals surface area contributed by atoms with Crippen molar-refractivity contribution >= 4 is 11.6 Å². The van der Waals surface area contributed by atoms with Gasteiger partial charge in [-0.15, -0.1) is 0 Å². The highest BCUT2D eigenvalue weighted by atomic mass is 16.5. The van der Waals surface area contributed by atoms with Gasteiger partial charge in [0.05, 0.1) is 0 Å². The molecule has 4 heteroatoms. The molecule has 0 aliphatic heterocycles. The molecule has 0 saturated heterocycles. The topological polar surface area (TPSA) is 58.6 Å². The SMILES string of the molecule is COC(C)(C)C(=O)Nc1cccc(CCCO)c1. The number of methoxy groups -OCH3 is 1. The number of aliphatic hydroxyl groups is 1. The summed E-state index contributed by atoms with van der Waals surface area (Å²) in [7, 11) is 1.51. The van der Waals surface area contributed by atoms with Crippen LogP contribution in [0.2, 0.25) is 0 Å². The highest BCUT2D eigenvalue weighted by Crippen LogP contribution is 2.16. The largest absolute Gasteiger partial charge is 0.396 e. The van der Waals surface area contributed by atoms with Crippen LogP contribution in [-0.4, -0.2) is 30.3 Å². The van der Waals surface area contributed by atoms with Crippen molar-refractivity contribution in [3.05, 3.63) is 29.8 Å². The molecule has 0 atom stereocenters. The maximum atomic E-state index is 11.9. The highest BCUT2D eigenvalue weighted by molar-refractivity contribution is 5.96. The number of anilines is 1. The summed E-state index contributed by atoms with van der Waals surface area (Å²) in [5, 5.41) is 11.6. The fraction of sp³-hybridized carbons (Fsp3) is 0.500. The maximum Gasteiger partial charge on any atom is 0.256 e. The monoisotopic (exact) mass is 251 g/mol. The van der Waals surface area contributed by atoms with Crippen LogP contribution >= 0.6 is 0 Å². The molecule has 0 aliphatic carbocycles. The second-order valence-corrected chi connectivity index (χ2v) is 4.70. The second kappa shape index (κ2) is 6.52. The molecule has 1 rings (SSSR count). The van der Waals surface area contributed by atoms with E-state index in [1.807, 2.05) is 24.3 Å². The Labute approximate surface area is 108 Å². The van der Waals surface area contributed by atoms with Crippen molar-refractivity contribution in [2.45, 2.75) is 32.3 Å². The molecule has 0 heterocycles. The lowest BCUT2D eigenvalue weighted by atomic mass is 10.1. The van der Waals surface area contributed by atoms with Crippen LogP contribution in [0.4, 0.5) is 5.69 Å². The van der Waals surface area contributed by atoms with Crippen molar-refractivity contribution in [2.24, 2.45) is 0 Å². The van der Waals surface area contributed by atoms with Gasteiger partial charge in [0, 0.05) is 19.4 Å². The van der Waals surface area contributed by atoms with Gasteiger partial charge in [0.1, 0.15) is 5.60 Å². The van der Waals surface area contributed by atoms with Gasteiger partial charge >= 0.3 is 0 Å². The first-order chi connectivity index (χ1) is 8.49. The highest BCUT2D eigenvalue weighted by Gasteiger charge is 2.26. The summed E-state index contributed by atoms with van der Waals surface area (Å²) in [5.74, 6) is -0.177. The first kappa shape index (κ1) is 14.7. The van der Waals surface area contributed by atoms with Gasteiger partial charge in [-0.05, 0) is 44.4 Å². The Balaban J connectivity index is 2.70. The predicted octanol–water partition coefficient (Wildman–Crippen LogP) is 1.97. The summed E-state index contributed by atoms with van der Waals surface area (Å²) in [6, 6.07) is 7.63. The third-order valence-electron chi connectivity index (χ3n) is 2.87. The minimum Gasteiger partial charge on any atom is -0.396 e. The Morgan fingerprint density at radius 1 is 1.44 bits per heavy atom. The predicted molar refractivity (Wildman–Crippen MR) is 71.6 cm³/mol. The number of rotatable bonds is 6. The summed E-state index contributed by atoms with van der Waals surface area (Å²) < 4.78 is 5.12. The molecule has 0 spiro atoms. The van der Waals surface area contributed by atoms with Crippen LogP contribution < -0.4 is 5.32 Å². The molecule has 1 amide bonds. The Morgan fingerprint density at radius 3 is 2.78 bits per heavy atom. The smallest absolute Gasteiger partial charge is 0.256 e. The molecule has 0 radical (unpaired) electrons. The number of aliphatic hydroxyl groups excluding tert-OH is 1. The fourth-order valence-electron chi connectivity index (χ4n) is 1.46. The molecule has 1 aromatic rings. The lowest BCUT2D eigenvalue weighted by molar-refractivity contribution is -0.133. The minimum atomic E-state index is -0.846. The average Bonchev–Trinajstić information content (AvgIpc) is 2.36. The van der Waals surface area contributed by atoms with Crippen LogP contribution in [0.1, 0.15) is 25.8 Å². The first-order valence-electron chi connectivity index (χ1n) is 6.06. The van der Waals surface area contributed by atoms with E-state index in [-0.39, 0.29) is 12.5 Å². The molecule has 0 saturated carbocycles. The van der Waals surface area contributed by atoms with Gasteiger partial charge in [-0.3, -0.25) is 4.79 Å². The van der Waals surface area contributed by atoms with Crippen molar-refractivity contribution in [3.8, 4) is 0 Å². The Morgan fingerprint density at radius 2 is 2.17 bits per heavy atom. The van der Waals surface area contributed by atoms with E-state index < -0.39 is 5.60 Å². The summed E-state index contributed by atoms with van der Waals surface area (Å²) >= 11 is 0. The van der Waals surface area contributed by atoms with Crippen molar-refractivity contribution in [2.75, 3.05) is 19.0 Å². The van der Waals surface area contributed by atoms with Crippen molar-refractivity contribution in [1.82, 2.24) is 0 Å². The number of benzene rings is 1. The van der Waals surface area contributed by atoms with Crippen molar-refractivity contribution < 1.29 is 14.6 Å². The average molecular weight is 251 g/mol. The molecular weight excluding hydrogens is 230 g/mol. The molecule has 0 fully saturated rings. The summed E-state index contributed by atoms with van der Waals surface area (Å²) in [4.78, 5) is 11.9. The van der Waals surface area contributed by atoms with Crippen LogP contribution in [0.3, 0.4) is 0 Å². The molecule has 0 aromatic heterocycles. The quantitative estimate of drug-likeness (QED) is 0.812. The van der Waals surface area contributed by atoms with E-state index in [4.69, 9.17) is 9.84 Å². The van der Waals surface area contributed by atoms with E-state index in [0.717, 1.165) is 24.1 Å². The molecule has 0 unspecified atom stereocenters. The second-order valence-electron chi connectivity index (χ2n) is 4.70. The van der Waals surface area contributed by atoms with Gasteiger partial charge in [0.25, 0.3) is 5.91 Å². The third-order valence-corrected chi connectivity index (χ3v) is 2.87. The van der Waals surface area contributed by atoms with Gasteiger partial charge in [0.15, 0.2) is 0 Å². The third kappa shape index (κ3) is 4.13. The zero-order valence-electron chi connectivity index (χ0n) is 11.2. The Bertz CT molecular complexity index is 402. The first-order valence-corrected chi connectivity index (χ1v) is 6.06. The number of aryl methyl sites for hydroxylation is 1. The van der Waals surface area contributed by atoms with Crippen LogP contribution in [0.25, 0.3) is 0 Å². The van der Waals surface area contributed by atoms with E-state index in [1.165, 1.54) is 7.11 Å². The van der Waals surface area contributed by atoms with Gasteiger partial charge < -0.3 is 15.2 Å². The van der Waals surface area contributed by atoms with Crippen LogP contribution in [0.15, 0.2) is 24.3 Å². The molecule has 0 bridgehead atoms. The number of hydrogen-bond donors (Lipinski definition) is 2. The van der Waals surface area contributed by atoms with Gasteiger partial charge in [-0.25, -0.2) is 0 Å². The van der Waals surface area contributed by atoms with E-state index in [0.29, 0.717) is 0 Å². The summed E-state index contributed by atoms with van der Waals surface area (Å²) in [5.41, 5.74) is 0.999. The summed E-state index contributed by atoms with van der Waals surface area (Å²) in [6.45, 7) is 3.61. The molecular formula is C14H21NO3. The minimum absolute atomic E-state index is 0.174.